The Kier molecular flexibility index (Phi) is 17.7. The predicted molar refractivity (Wildman–Crippen MR) is 353 cm³/mol. The van der Waals surface area contributed by atoms with Crippen molar-refractivity contribution >= 4 is 71.1 Å². The summed E-state index contributed by atoms with van der Waals surface area (Å²) in [6.07, 6.45) is 14.8. The van der Waals surface area contributed by atoms with Crippen molar-refractivity contribution in [1.82, 2.24) is 79.7 Å². The highest BCUT2D eigenvalue weighted by Crippen LogP contribution is 2.37. The molecular weight excluding hydrogens is 1170 g/mol. The zero-order chi connectivity index (χ0) is 63.0. The van der Waals surface area contributed by atoms with Crippen LogP contribution < -0.4 is 5.32 Å². The van der Waals surface area contributed by atoms with E-state index < -0.39 is 0 Å². The lowest BCUT2D eigenvalue weighted by molar-refractivity contribution is 0.220. The van der Waals surface area contributed by atoms with E-state index in [-0.39, 0.29) is 30.0 Å². The summed E-state index contributed by atoms with van der Waals surface area (Å²) in [7, 11) is 0. The fourth-order valence-corrected chi connectivity index (χ4v) is 14.0. The van der Waals surface area contributed by atoms with Crippen LogP contribution in [0, 0.1) is 59.0 Å². The molecule has 1 atom stereocenters. The van der Waals surface area contributed by atoms with E-state index in [2.05, 4.69) is 78.8 Å². The van der Waals surface area contributed by atoms with Crippen molar-refractivity contribution in [2.75, 3.05) is 59.0 Å². The molecule has 1 N–H and O–H groups in total. The summed E-state index contributed by atoms with van der Waals surface area (Å²) in [6, 6.07) is 21.8. The molecule has 16 nitrogen and oxygen atoms in total. The molecule has 0 spiro atoms. The summed E-state index contributed by atoms with van der Waals surface area (Å²) >= 11 is 1.54. The normalized spacial score (nSPS) is 16.3. The minimum Gasteiger partial charge on any atom is -0.313 e. The molecule has 0 bridgehead atoms. The highest BCUT2D eigenvalue weighted by Gasteiger charge is 2.25. The Morgan fingerprint density at radius 3 is 1.89 bits per heavy atom. The summed E-state index contributed by atoms with van der Waals surface area (Å²) in [5.74, 6) is -0.292. The minimum absolute atomic E-state index is 0.215. The van der Waals surface area contributed by atoms with Gasteiger partial charge in [0.15, 0.2) is 5.65 Å². The summed E-state index contributed by atoms with van der Waals surface area (Å²) in [5, 5.41) is 36.6. The van der Waals surface area contributed by atoms with Gasteiger partial charge in [-0.25, -0.2) is 37.0 Å². The zero-order valence-electron chi connectivity index (χ0n) is 52.3. The number of halogens is 4. The van der Waals surface area contributed by atoms with E-state index in [9.17, 15) is 4.39 Å². The Labute approximate surface area is 528 Å². The van der Waals surface area contributed by atoms with Gasteiger partial charge in [0.2, 0.25) is 0 Å². The molecule has 1 unspecified atom stereocenters. The molecule has 3 aliphatic heterocycles. The average Bonchev–Trinajstić information content (AvgIpc) is 1.72. The molecule has 15 rings (SSSR count). The van der Waals surface area contributed by atoms with Gasteiger partial charge in [-0.15, -0.1) is 21.5 Å². The highest BCUT2D eigenvalue weighted by atomic mass is 32.1. The molecule has 466 valence electrons. The van der Waals surface area contributed by atoms with E-state index in [1.807, 2.05) is 113 Å². The van der Waals surface area contributed by atoms with Crippen LogP contribution in [0.3, 0.4) is 0 Å². The van der Waals surface area contributed by atoms with Crippen LogP contribution in [-0.2, 0) is 0 Å². The third-order valence-electron chi connectivity index (χ3n) is 17.9. The first kappa shape index (κ1) is 61.2. The minimum atomic E-state index is -0.331. The largest absolute Gasteiger partial charge is 0.313 e. The lowest BCUT2D eigenvalue weighted by atomic mass is 9.92. The molecule has 0 aliphatic carbocycles. The van der Waals surface area contributed by atoms with Gasteiger partial charge in [-0.1, -0.05) is 13.0 Å². The summed E-state index contributed by atoms with van der Waals surface area (Å²) in [4.78, 5) is 22.8. The number of hydrogen-bond donors (Lipinski definition) is 1. The van der Waals surface area contributed by atoms with Gasteiger partial charge in [-0.05, 0) is 221 Å². The number of likely N-dealkylation sites (tertiary alicyclic amines) is 2. The van der Waals surface area contributed by atoms with Gasteiger partial charge in [0.05, 0.1) is 72.8 Å². The number of benzene rings is 3. The first-order chi connectivity index (χ1) is 44.1. The van der Waals surface area contributed by atoms with Crippen LogP contribution in [0.25, 0.3) is 92.9 Å². The van der Waals surface area contributed by atoms with Crippen LogP contribution in [0.5, 0.6) is 0 Å². The first-order valence-corrected chi connectivity index (χ1v) is 32.3. The summed E-state index contributed by atoms with van der Waals surface area (Å²) in [5.41, 5.74) is 17.4. The standard InChI is InChI=1S/C24H26F2N6.C23H24FN5S.C23H22FN5/c1-15-10-22(30-32-14-16(2)27-24(15)32)18-11-20(26)19-13-21(28-29-23(19)12-18)17-4-3-7-31(8-5-17)9-6-25;1-4-29-7-5-15(6-8-29)19-12-17-18(24)10-16(11-20(17)28-27-19)23-26-21-9-13(2)25-14(3)22(21)30-23;1-14-8-18(13-29-12-15(2)26-23(14)29)21-11-19-20(24)9-17(10-22(19)28-27-21)16-4-3-6-25-7-5-16/h10-14,17H,3-9H2,1-2H3;9-12,15H,4-8H2,1-3H3;5,8-13,25H,3-4,6-7H2,1-2H3. The highest BCUT2D eigenvalue weighted by molar-refractivity contribution is 7.21. The Morgan fingerprint density at radius 1 is 0.538 bits per heavy atom. The maximum absolute atomic E-state index is 15.2. The number of hydrogen-bond acceptors (Lipinski definition) is 15. The number of aromatic nitrogens is 13. The molecule has 91 heavy (non-hydrogen) atoms. The third kappa shape index (κ3) is 13.2. The summed E-state index contributed by atoms with van der Waals surface area (Å²) in [6.45, 7) is 20.9. The van der Waals surface area contributed by atoms with E-state index >= 15 is 13.2 Å². The number of allylic oxidation sites excluding steroid dienone is 1. The lowest BCUT2D eigenvalue weighted by Crippen LogP contribution is -2.32. The number of nitrogens with one attached hydrogen (secondary N) is 1. The molecule has 3 aliphatic rings. The van der Waals surface area contributed by atoms with E-state index in [4.69, 9.17) is 4.98 Å². The molecule has 0 radical (unpaired) electrons. The maximum atomic E-state index is 15.2. The Hall–Kier alpha value is -8.63. The van der Waals surface area contributed by atoms with Gasteiger partial charge in [-0.3, -0.25) is 4.98 Å². The van der Waals surface area contributed by atoms with Gasteiger partial charge in [-0.2, -0.15) is 25.5 Å². The molecule has 12 aromatic rings. The number of alkyl halides is 1. The van der Waals surface area contributed by atoms with Crippen LogP contribution in [0.15, 0.2) is 97.5 Å². The number of pyridine rings is 2. The third-order valence-corrected chi connectivity index (χ3v) is 19.1. The number of thiazole rings is 1. The van der Waals surface area contributed by atoms with E-state index in [1.54, 1.807) is 22.7 Å². The molecule has 0 saturated carbocycles. The van der Waals surface area contributed by atoms with Crippen molar-refractivity contribution in [2.45, 2.75) is 105 Å². The second-order valence-corrected chi connectivity index (χ2v) is 25.4. The van der Waals surface area contributed by atoms with Crippen molar-refractivity contribution in [1.29, 1.82) is 0 Å². The summed E-state index contributed by atoms with van der Waals surface area (Å²) < 4.78 is 62.7. The number of piperidine rings is 1. The quantitative estimate of drug-likeness (QED) is 0.135. The number of imidazole rings is 2. The Bertz CT molecular complexity index is 4740. The molecule has 0 amide bonds. The predicted octanol–water partition coefficient (Wildman–Crippen LogP) is 14.4. The monoisotopic (exact) mass is 1240 g/mol. The molecule has 2 saturated heterocycles. The average molecular weight is 1250 g/mol. The zero-order valence-corrected chi connectivity index (χ0v) is 53.2. The topological polar surface area (TPSA) is 169 Å². The Balaban J connectivity index is 0.000000125. The van der Waals surface area contributed by atoms with Crippen molar-refractivity contribution in [3.05, 3.63) is 166 Å². The fourth-order valence-electron chi connectivity index (χ4n) is 13.0. The van der Waals surface area contributed by atoms with Crippen molar-refractivity contribution < 1.29 is 17.6 Å². The van der Waals surface area contributed by atoms with Crippen molar-refractivity contribution in [3.8, 4) is 33.1 Å². The smallest absolute Gasteiger partial charge is 0.156 e. The van der Waals surface area contributed by atoms with Gasteiger partial charge in [0, 0.05) is 75.9 Å². The molecule has 2 fully saturated rings. The van der Waals surface area contributed by atoms with Gasteiger partial charge < -0.3 is 19.5 Å². The first-order valence-electron chi connectivity index (χ1n) is 31.5. The van der Waals surface area contributed by atoms with Gasteiger partial charge in [0.1, 0.15) is 34.8 Å². The number of rotatable bonds is 9. The van der Waals surface area contributed by atoms with Gasteiger partial charge in [0.25, 0.3) is 0 Å². The fraction of sp³-hybridized carbons (Fsp3) is 0.357. The second kappa shape index (κ2) is 26.3. The Morgan fingerprint density at radius 2 is 1.16 bits per heavy atom. The number of aryl methyl sites for hydroxylation is 6. The lowest BCUT2D eigenvalue weighted by Gasteiger charge is -2.30. The van der Waals surface area contributed by atoms with E-state index in [0.29, 0.717) is 62.1 Å². The molecule has 12 heterocycles. The second-order valence-electron chi connectivity index (χ2n) is 24.4. The molecule has 3 aromatic carbocycles. The van der Waals surface area contributed by atoms with E-state index in [0.717, 1.165) is 179 Å². The van der Waals surface area contributed by atoms with Crippen LogP contribution in [0.1, 0.15) is 115 Å². The number of nitrogens with zero attached hydrogens (tertiary/aromatic N) is 15. The van der Waals surface area contributed by atoms with E-state index in [1.165, 1.54) is 23.0 Å². The van der Waals surface area contributed by atoms with Crippen LogP contribution in [-0.4, -0.2) is 133 Å². The van der Waals surface area contributed by atoms with Gasteiger partial charge >= 0.3 is 0 Å². The molecule has 9 aromatic heterocycles. The van der Waals surface area contributed by atoms with Crippen LogP contribution in [0.2, 0.25) is 0 Å². The molecule has 21 heteroatoms. The van der Waals surface area contributed by atoms with Crippen molar-refractivity contribution in [3.63, 3.8) is 0 Å². The maximum Gasteiger partial charge on any atom is 0.156 e. The van der Waals surface area contributed by atoms with Crippen molar-refractivity contribution in [2.24, 2.45) is 0 Å². The molecular formula is C70H72F4N16S. The SMILES string of the molecule is CCN1CCC(c2cc3c(F)cc(-c4nc5cc(C)nc(C)c5s4)cc3nn2)CC1.Cc1cn2cc(-c3cc4c(F)cc(C5=CCNCCC5)cc4nn3)cc(C)c2n1.Cc1cn2nc(-c3cc(F)c4cc(C5CCCN(CCF)CC5)nnc4c3)cc(C)c2n1. The van der Waals surface area contributed by atoms with Crippen LogP contribution >= 0.6 is 11.3 Å². The van der Waals surface area contributed by atoms with Crippen LogP contribution in [0.4, 0.5) is 17.6 Å². The number of fused-ring (bicyclic) bond motifs is 6.